The largest absolute Gasteiger partial charge is 1.00 e. The number of carbonyl (C=O) groups is 2. The van der Waals surface area contributed by atoms with Crippen molar-refractivity contribution in [1.82, 2.24) is 0 Å². The zero-order valence-electron chi connectivity index (χ0n) is 19.0. The van der Waals surface area contributed by atoms with Crippen LogP contribution in [0.15, 0.2) is 60.7 Å². The summed E-state index contributed by atoms with van der Waals surface area (Å²) in [5.74, 6) is -0.899. The molecule has 0 spiro atoms. The van der Waals surface area contributed by atoms with Crippen LogP contribution in [0, 0.1) is 0 Å². The minimum Gasteiger partial charge on any atom is -0.549 e. The van der Waals surface area contributed by atoms with E-state index in [-0.39, 0.29) is 59.8 Å². The molecular formula is C26H21Cl2NaO6. The van der Waals surface area contributed by atoms with Crippen LogP contribution in [-0.4, -0.2) is 23.5 Å². The van der Waals surface area contributed by atoms with Crippen molar-refractivity contribution in [3.05, 3.63) is 87.4 Å². The summed E-state index contributed by atoms with van der Waals surface area (Å²) in [5.41, 5.74) is 1.66. The number of fused-ring (bicyclic) bond motifs is 1. The van der Waals surface area contributed by atoms with E-state index in [0.717, 1.165) is 0 Å². The number of Topliss-reactive ketones (excluding diaryl/α,β-unsaturated/α-hetero) is 1. The monoisotopic (exact) mass is 522 g/mol. The molecule has 176 valence electrons. The summed E-state index contributed by atoms with van der Waals surface area (Å²) in [4.78, 5) is 23.9. The number of rotatable bonds is 8. The summed E-state index contributed by atoms with van der Waals surface area (Å²) in [5, 5.41) is 22.5. The number of aliphatic hydroxyl groups excluding tert-OH is 1. The summed E-state index contributed by atoms with van der Waals surface area (Å²) >= 11 is 12.2. The van der Waals surface area contributed by atoms with Crippen molar-refractivity contribution in [3.63, 3.8) is 0 Å². The summed E-state index contributed by atoms with van der Waals surface area (Å²) in [6, 6.07) is 16.5. The fourth-order valence-electron chi connectivity index (χ4n) is 3.81. The number of ether oxygens (including phenoxy) is 2. The van der Waals surface area contributed by atoms with Gasteiger partial charge in [-0.25, -0.2) is 0 Å². The third kappa shape index (κ3) is 6.79. The molecule has 1 aliphatic heterocycles. The molecule has 2 atom stereocenters. The van der Waals surface area contributed by atoms with Crippen LogP contribution in [0.1, 0.15) is 52.8 Å². The van der Waals surface area contributed by atoms with E-state index in [4.69, 9.17) is 32.7 Å². The maximum atomic E-state index is 12.5. The molecule has 6 nitrogen and oxygen atoms in total. The van der Waals surface area contributed by atoms with E-state index in [1.165, 1.54) is 6.07 Å². The first-order valence-corrected chi connectivity index (χ1v) is 11.5. The third-order valence-corrected chi connectivity index (χ3v) is 6.24. The number of hydrogen-bond donors (Lipinski definition) is 1. The summed E-state index contributed by atoms with van der Waals surface area (Å²) in [6.45, 7) is 0.260. The van der Waals surface area contributed by atoms with Crippen molar-refractivity contribution in [2.75, 3.05) is 6.61 Å². The molecule has 1 heterocycles. The molecule has 1 aliphatic rings. The Morgan fingerprint density at radius 1 is 1.09 bits per heavy atom. The van der Waals surface area contributed by atoms with Crippen LogP contribution < -0.4 is 44.1 Å². The van der Waals surface area contributed by atoms with Crippen LogP contribution in [0.2, 0.25) is 10.0 Å². The SMILES string of the molecule is O=C(CCC(O)c1ccc(Cl)cc1)c1ccc(Oc2cc3c(cc2Cl)C(C(=O)[O-])CCO3)cc1.[Na+]. The Bertz CT molecular complexity index is 1200. The number of benzene rings is 3. The van der Waals surface area contributed by atoms with Crippen molar-refractivity contribution in [2.24, 2.45) is 0 Å². The molecular weight excluding hydrogens is 502 g/mol. The van der Waals surface area contributed by atoms with Crippen LogP contribution in [0.3, 0.4) is 0 Å². The zero-order chi connectivity index (χ0) is 24.2. The van der Waals surface area contributed by atoms with Gasteiger partial charge < -0.3 is 24.5 Å². The molecule has 2 unspecified atom stereocenters. The molecule has 0 saturated carbocycles. The molecule has 0 radical (unpaired) electrons. The summed E-state index contributed by atoms with van der Waals surface area (Å²) in [7, 11) is 0. The average molecular weight is 523 g/mol. The molecule has 9 heteroatoms. The Labute approximate surface area is 235 Å². The second-order valence-electron chi connectivity index (χ2n) is 7.98. The average Bonchev–Trinajstić information content (AvgIpc) is 2.83. The van der Waals surface area contributed by atoms with Gasteiger partial charge in [-0.1, -0.05) is 35.3 Å². The Hall–Kier alpha value is -2.06. The first-order chi connectivity index (χ1) is 16.3. The number of carboxylic acid groups (broad SMARTS) is 1. The first kappa shape index (κ1) is 27.5. The summed E-state index contributed by atoms with van der Waals surface area (Å²) < 4.78 is 11.4. The molecule has 1 N–H and O–H groups in total. The van der Waals surface area contributed by atoms with Crippen LogP contribution in [0.4, 0.5) is 0 Å². The van der Waals surface area contributed by atoms with Gasteiger partial charge in [0.25, 0.3) is 0 Å². The molecule has 0 aromatic heterocycles. The van der Waals surface area contributed by atoms with Gasteiger partial charge in [0.15, 0.2) is 5.78 Å². The van der Waals surface area contributed by atoms with Gasteiger partial charge in [0.05, 0.1) is 17.7 Å². The van der Waals surface area contributed by atoms with E-state index in [1.807, 2.05) is 0 Å². The normalized spacial score (nSPS) is 15.2. The maximum Gasteiger partial charge on any atom is 1.00 e. The van der Waals surface area contributed by atoms with Crippen molar-refractivity contribution in [3.8, 4) is 17.2 Å². The van der Waals surface area contributed by atoms with Gasteiger partial charge in [-0.15, -0.1) is 0 Å². The second kappa shape index (κ2) is 12.3. The fraction of sp³-hybridized carbons (Fsp3) is 0.231. The van der Waals surface area contributed by atoms with E-state index in [0.29, 0.717) is 45.4 Å². The molecule has 4 rings (SSSR count). The predicted octanol–water partition coefficient (Wildman–Crippen LogP) is 2.10. The van der Waals surface area contributed by atoms with Gasteiger partial charge >= 0.3 is 29.6 Å². The number of carbonyl (C=O) groups excluding carboxylic acids is 2. The van der Waals surface area contributed by atoms with Gasteiger partial charge in [0.2, 0.25) is 0 Å². The van der Waals surface area contributed by atoms with Gasteiger partial charge in [-0.2, -0.15) is 0 Å². The fourth-order valence-corrected chi connectivity index (χ4v) is 4.15. The van der Waals surface area contributed by atoms with E-state index in [2.05, 4.69) is 0 Å². The number of halogens is 2. The Morgan fingerprint density at radius 2 is 1.77 bits per heavy atom. The number of aliphatic carboxylic acids is 1. The smallest absolute Gasteiger partial charge is 0.549 e. The van der Waals surface area contributed by atoms with Crippen LogP contribution in [0.5, 0.6) is 17.2 Å². The first-order valence-electron chi connectivity index (χ1n) is 10.7. The van der Waals surface area contributed by atoms with E-state index < -0.39 is 18.0 Å². The second-order valence-corrected chi connectivity index (χ2v) is 8.83. The van der Waals surface area contributed by atoms with Gasteiger partial charge in [-0.05, 0) is 60.9 Å². The molecule has 3 aromatic rings. The molecule has 3 aromatic carbocycles. The molecule has 0 aliphatic carbocycles. The van der Waals surface area contributed by atoms with Crippen molar-refractivity contribution in [2.45, 2.75) is 31.3 Å². The minimum atomic E-state index is -1.17. The van der Waals surface area contributed by atoms with E-state index >= 15 is 0 Å². The zero-order valence-corrected chi connectivity index (χ0v) is 22.5. The summed E-state index contributed by atoms with van der Waals surface area (Å²) in [6.07, 6.45) is 0.0279. The quantitative estimate of drug-likeness (QED) is 0.359. The topological polar surface area (TPSA) is 95.9 Å². The van der Waals surface area contributed by atoms with E-state index in [9.17, 15) is 19.8 Å². The van der Waals surface area contributed by atoms with Gasteiger partial charge in [-0.3, -0.25) is 4.79 Å². The van der Waals surface area contributed by atoms with Crippen molar-refractivity contribution in [1.29, 1.82) is 0 Å². The molecule has 0 bridgehead atoms. The van der Waals surface area contributed by atoms with Gasteiger partial charge in [0.1, 0.15) is 17.2 Å². The number of carboxylic acids is 1. The number of hydrogen-bond acceptors (Lipinski definition) is 6. The Kier molecular flexibility index (Phi) is 9.64. The van der Waals surface area contributed by atoms with E-state index in [1.54, 1.807) is 54.6 Å². The molecule has 0 amide bonds. The standard InChI is InChI=1S/C26H22Cl2O6.Na/c27-17-5-1-15(2-6-17)22(29)9-10-23(30)16-3-7-18(8-4-16)34-25-14-24-20(13-21(25)28)19(26(31)32)11-12-33-24;/h1-8,13-14,19,22,29H,9-12H2,(H,31,32);/q;+1/p-1. The molecule has 0 saturated heterocycles. The van der Waals surface area contributed by atoms with Crippen molar-refractivity contribution >= 4 is 35.0 Å². The third-order valence-electron chi connectivity index (χ3n) is 5.69. The number of aliphatic hydroxyl groups is 1. The number of ketones is 1. The maximum absolute atomic E-state index is 12.5. The van der Waals surface area contributed by atoms with Crippen LogP contribution >= 0.6 is 23.2 Å². The van der Waals surface area contributed by atoms with Crippen LogP contribution in [0.25, 0.3) is 0 Å². The Balaban J connectivity index is 0.00000342. The predicted molar refractivity (Wildman–Crippen MR) is 126 cm³/mol. The minimum absolute atomic E-state index is 0. The van der Waals surface area contributed by atoms with Crippen molar-refractivity contribution < 1.29 is 58.8 Å². The molecule has 35 heavy (non-hydrogen) atoms. The molecule has 0 fully saturated rings. The Morgan fingerprint density at radius 3 is 2.43 bits per heavy atom. The van der Waals surface area contributed by atoms with Gasteiger partial charge in [0, 0.05) is 40.5 Å². The van der Waals surface area contributed by atoms with Crippen LogP contribution in [-0.2, 0) is 4.79 Å².